The molecular formula is C26H20N2. The molecule has 2 aromatic heterocycles. The van der Waals surface area contributed by atoms with Crippen molar-refractivity contribution in [2.45, 2.75) is 25.7 Å². The lowest BCUT2D eigenvalue weighted by Crippen LogP contribution is -2.03. The van der Waals surface area contributed by atoms with Gasteiger partial charge in [-0.05, 0) is 76.6 Å². The average molecular weight is 360 g/mol. The van der Waals surface area contributed by atoms with Crippen LogP contribution in [0.5, 0.6) is 0 Å². The predicted molar refractivity (Wildman–Crippen MR) is 117 cm³/mol. The monoisotopic (exact) mass is 360 g/mol. The number of hydrogen-bond donors (Lipinski definition) is 0. The van der Waals surface area contributed by atoms with Crippen molar-refractivity contribution in [2.24, 2.45) is 0 Å². The topological polar surface area (TPSA) is 25.8 Å². The van der Waals surface area contributed by atoms with E-state index in [1.165, 1.54) is 47.2 Å². The molecule has 2 heterocycles. The van der Waals surface area contributed by atoms with E-state index in [1.807, 2.05) is 18.5 Å². The molecule has 0 saturated carbocycles. The molecule has 0 radical (unpaired) electrons. The van der Waals surface area contributed by atoms with Crippen LogP contribution in [0.25, 0.3) is 43.7 Å². The maximum Gasteiger partial charge on any atom is 0.0892 e. The molecule has 0 bridgehead atoms. The van der Waals surface area contributed by atoms with Crippen molar-refractivity contribution < 1.29 is 0 Å². The summed E-state index contributed by atoms with van der Waals surface area (Å²) < 4.78 is 0. The second kappa shape index (κ2) is 6.13. The van der Waals surface area contributed by atoms with Crippen molar-refractivity contribution in [1.82, 2.24) is 9.97 Å². The highest BCUT2D eigenvalue weighted by molar-refractivity contribution is 6.09. The molecule has 5 aromatic rings. The molecular weight excluding hydrogens is 340 g/mol. The molecule has 0 aliphatic heterocycles. The second-order valence-corrected chi connectivity index (χ2v) is 7.77. The van der Waals surface area contributed by atoms with Crippen LogP contribution in [0.4, 0.5) is 0 Å². The van der Waals surface area contributed by atoms with Crippen LogP contribution >= 0.6 is 0 Å². The molecule has 0 N–H and O–H groups in total. The molecule has 0 spiro atoms. The van der Waals surface area contributed by atoms with Gasteiger partial charge in [0.25, 0.3) is 0 Å². The molecule has 0 atom stereocenters. The maximum atomic E-state index is 4.81. The minimum absolute atomic E-state index is 0.935. The number of benzene rings is 3. The van der Waals surface area contributed by atoms with Crippen molar-refractivity contribution in [3.05, 3.63) is 84.2 Å². The van der Waals surface area contributed by atoms with Crippen LogP contribution in [0.2, 0.25) is 0 Å². The Kier molecular flexibility index (Phi) is 3.45. The van der Waals surface area contributed by atoms with Gasteiger partial charge in [0.2, 0.25) is 0 Å². The lowest BCUT2D eigenvalue weighted by atomic mass is 9.86. The van der Waals surface area contributed by atoms with Crippen molar-refractivity contribution in [1.29, 1.82) is 0 Å². The molecule has 1 aliphatic carbocycles. The Morgan fingerprint density at radius 3 is 2.54 bits per heavy atom. The Bertz CT molecular complexity index is 1370. The van der Waals surface area contributed by atoms with E-state index in [1.54, 1.807) is 11.1 Å². The van der Waals surface area contributed by atoms with Crippen LogP contribution in [0, 0.1) is 0 Å². The van der Waals surface area contributed by atoms with E-state index in [4.69, 9.17) is 4.98 Å². The first-order valence-corrected chi connectivity index (χ1v) is 10.1. The fourth-order valence-electron chi connectivity index (χ4n) is 4.69. The zero-order chi connectivity index (χ0) is 18.5. The SMILES string of the molecule is c1cc2ccc(-c3ccc4c(ccc5c6c(ccc54)CCCC6)c3)nc2cn1. The summed E-state index contributed by atoms with van der Waals surface area (Å²) >= 11 is 0. The number of nitrogens with zero attached hydrogens (tertiary/aromatic N) is 2. The van der Waals surface area contributed by atoms with Gasteiger partial charge in [-0.25, -0.2) is 4.98 Å². The number of aromatic nitrogens is 2. The standard InChI is InChI=1S/C26H20N2/c1-2-4-21-17(3-1)5-10-24-22-9-7-20(15-19(22)6-11-23(21)24)25-12-8-18-13-14-27-16-26(18)28-25/h5-16H,1-4H2. The lowest BCUT2D eigenvalue weighted by molar-refractivity contribution is 0.690. The molecule has 0 fully saturated rings. The molecule has 6 rings (SSSR count). The van der Waals surface area contributed by atoms with E-state index in [0.717, 1.165) is 22.2 Å². The van der Waals surface area contributed by atoms with Crippen LogP contribution in [0.15, 0.2) is 73.1 Å². The number of hydrogen-bond acceptors (Lipinski definition) is 2. The van der Waals surface area contributed by atoms with Gasteiger partial charge in [0.1, 0.15) is 0 Å². The predicted octanol–water partition coefficient (Wildman–Crippen LogP) is 6.48. The third-order valence-electron chi connectivity index (χ3n) is 6.14. The molecule has 1 aliphatic rings. The van der Waals surface area contributed by atoms with Crippen LogP contribution in [-0.4, -0.2) is 9.97 Å². The number of aryl methyl sites for hydroxylation is 2. The molecule has 2 nitrogen and oxygen atoms in total. The zero-order valence-corrected chi connectivity index (χ0v) is 15.7. The van der Waals surface area contributed by atoms with Gasteiger partial charge in [-0.2, -0.15) is 0 Å². The Hall–Kier alpha value is -3.26. The van der Waals surface area contributed by atoms with Crippen molar-refractivity contribution in [3.8, 4) is 11.3 Å². The van der Waals surface area contributed by atoms with E-state index < -0.39 is 0 Å². The van der Waals surface area contributed by atoms with E-state index in [2.05, 4.69) is 59.6 Å². The maximum absolute atomic E-state index is 4.81. The quantitative estimate of drug-likeness (QED) is 0.320. The highest BCUT2D eigenvalue weighted by atomic mass is 14.7. The molecule has 134 valence electrons. The fraction of sp³-hybridized carbons (Fsp3) is 0.154. The summed E-state index contributed by atoms with van der Waals surface area (Å²) in [4.78, 5) is 9.01. The van der Waals surface area contributed by atoms with E-state index in [9.17, 15) is 0 Å². The minimum Gasteiger partial charge on any atom is -0.262 e. The first-order valence-electron chi connectivity index (χ1n) is 10.1. The first-order chi connectivity index (χ1) is 13.9. The second-order valence-electron chi connectivity index (χ2n) is 7.77. The Labute approximate surface area is 163 Å². The third-order valence-corrected chi connectivity index (χ3v) is 6.14. The number of fused-ring (bicyclic) bond motifs is 6. The smallest absolute Gasteiger partial charge is 0.0892 e. The summed E-state index contributed by atoms with van der Waals surface area (Å²) in [6, 6.07) is 22.2. The van der Waals surface area contributed by atoms with Gasteiger partial charge in [0, 0.05) is 17.1 Å². The summed E-state index contributed by atoms with van der Waals surface area (Å²) in [7, 11) is 0. The molecule has 0 amide bonds. The number of rotatable bonds is 1. The van der Waals surface area contributed by atoms with Gasteiger partial charge in [0.05, 0.1) is 17.4 Å². The van der Waals surface area contributed by atoms with E-state index in [-0.39, 0.29) is 0 Å². The van der Waals surface area contributed by atoms with Gasteiger partial charge in [0.15, 0.2) is 0 Å². The highest BCUT2D eigenvalue weighted by Gasteiger charge is 2.14. The summed E-state index contributed by atoms with van der Waals surface area (Å²) in [5.41, 5.74) is 6.19. The third kappa shape index (κ3) is 2.41. The van der Waals surface area contributed by atoms with Crippen LogP contribution in [0.1, 0.15) is 24.0 Å². The summed E-state index contributed by atoms with van der Waals surface area (Å²) in [6.45, 7) is 0. The van der Waals surface area contributed by atoms with Crippen LogP contribution in [0.3, 0.4) is 0 Å². The van der Waals surface area contributed by atoms with Crippen LogP contribution in [-0.2, 0) is 12.8 Å². The Morgan fingerprint density at radius 2 is 1.54 bits per heavy atom. The normalized spacial score (nSPS) is 13.9. The lowest BCUT2D eigenvalue weighted by Gasteiger charge is -2.19. The Balaban J connectivity index is 1.53. The van der Waals surface area contributed by atoms with Crippen molar-refractivity contribution in [3.63, 3.8) is 0 Å². The number of pyridine rings is 2. The summed E-state index contributed by atoms with van der Waals surface area (Å²) in [5.74, 6) is 0. The largest absolute Gasteiger partial charge is 0.262 e. The molecule has 0 unspecified atom stereocenters. The first kappa shape index (κ1) is 15.8. The van der Waals surface area contributed by atoms with Crippen LogP contribution < -0.4 is 0 Å². The van der Waals surface area contributed by atoms with Gasteiger partial charge >= 0.3 is 0 Å². The Morgan fingerprint density at radius 1 is 0.679 bits per heavy atom. The highest BCUT2D eigenvalue weighted by Crippen LogP contribution is 2.34. The molecule has 0 saturated heterocycles. The van der Waals surface area contributed by atoms with Gasteiger partial charge in [-0.1, -0.05) is 42.5 Å². The minimum atomic E-state index is 0.935. The average Bonchev–Trinajstić information content (AvgIpc) is 2.78. The zero-order valence-electron chi connectivity index (χ0n) is 15.7. The van der Waals surface area contributed by atoms with Gasteiger partial charge < -0.3 is 0 Å². The summed E-state index contributed by atoms with van der Waals surface area (Å²) in [6.07, 6.45) is 8.71. The van der Waals surface area contributed by atoms with E-state index in [0.29, 0.717) is 0 Å². The molecule has 2 heteroatoms. The van der Waals surface area contributed by atoms with E-state index >= 15 is 0 Å². The summed E-state index contributed by atoms with van der Waals surface area (Å²) in [5, 5.41) is 6.54. The molecule has 3 aromatic carbocycles. The van der Waals surface area contributed by atoms with Crippen molar-refractivity contribution in [2.75, 3.05) is 0 Å². The molecule has 28 heavy (non-hydrogen) atoms. The van der Waals surface area contributed by atoms with Crippen molar-refractivity contribution >= 4 is 32.4 Å². The fourth-order valence-corrected chi connectivity index (χ4v) is 4.69. The van der Waals surface area contributed by atoms with Gasteiger partial charge in [-0.15, -0.1) is 0 Å². The van der Waals surface area contributed by atoms with Gasteiger partial charge in [-0.3, -0.25) is 4.98 Å².